The highest BCUT2D eigenvalue weighted by molar-refractivity contribution is 7.80. The number of carbonyl (C=O) groups is 1. The minimum atomic E-state index is 0.266. The van der Waals surface area contributed by atoms with Gasteiger partial charge >= 0.3 is 0 Å². The van der Waals surface area contributed by atoms with E-state index in [1.54, 1.807) is 0 Å². The maximum absolute atomic E-state index is 11.6. The molecule has 0 spiro atoms. The van der Waals surface area contributed by atoms with Gasteiger partial charge in [-0.25, -0.2) is 0 Å². The second kappa shape index (κ2) is 7.29. The van der Waals surface area contributed by atoms with Crippen LogP contribution in [0.1, 0.15) is 44.6 Å². The normalized spacial score (nSPS) is 10.1. The largest absolute Gasteiger partial charge is 0.299 e. The minimum Gasteiger partial charge on any atom is -0.299 e. The first kappa shape index (κ1) is 13.0. The predicted octanol–water partition coefficient (Wildman–Crippen LogP) is 3.94. The number of thiocarbonyl (C=S) groups is 1. The van der Waals surface area contributed by atoms with Gasteiger partial charge in [0, 0.05) is 17.7 Å². The fourth-order valence-electron chi connectivity index (χ4n) is 1.57. The van der Waals surface area contributed by atoms with Gasteiger partial charge in [-0.1, -0.05) is 62.3 Å². The Morgan fingerprint density at radius 2 is 1.88 bits per heavy atom. The molecule has 0 unspecified atom stereocenters. The van der Waals surface area contributed by atoms with Crippen LogP contribution in [0.3, 0.4) is 0 Å². The van der Waals surface area contributed by atoms with Crippen molar-refractivity contribution >= 4 is 22.9 Å². The van der Waals surface area contributed by atoms with Gasteiger partial charge < -0.3 is 0 Å². The zero-order valence-corrected chi connectivity index (χ0v) is 10.6. The monoisotopic (exact) mass is 234 g/mol. The lowest BCUT2D eigenvalue weighted by Gasteiger charge is -2.03. The fourth-order valence-corrected chi connectivity index (χ4v) is 1.86. The van der Waals surface area contributed by atoms with Gasteiger partial charge in [-0.2, -0.15) is 0 Å². The summed E-state index contributed by atoms with van der Waals surface area (Å²) in [6.07, 6.45) is 4.36. The van der Waals surface area contributed by atoms with Crippen LogP contribution in [0, 0.1) is 0 Å². The Labute approximate surface area is 103 Å². The van der Waals surface area contributed by atoms with Crippen LogP contribution in [0.4, 0.5) is 0 Å². The van der Waals surface area contributed by atoms with E-state index in [0.717, 1.165) is 29.7 Å². The maximum Gasteiger partial charge on any atom is 0.138 e. The molecule has 0 saturated carbocycles. The van der Waals surface area contributed by atoms with Gasteiger partial charge in [0.25, 0.3) is 0 Å². The van der Waals surface area contributed by atoms with Gasteiger partial charge in [-0.3, -0.25) is 4.79 Å². The molecular formula is C14H18OS. The topological polar surface area (TPSA) is 17.1 Å². The number of rotatable bonds is 7. The lowest BCUT2D eigenvalue weighted by molar-refractivity contribution is -0.118. The molecule has 16 heavy (non-hydrogen) atoms. The molecule has 1 rings (SSSR count). The van der Waals surface area contributed by atoms with Crippen LogP contribution < -0.4 is 0 Å². The smallest absolute Gasteiger partial charge is 0.138 e. The van der Waals surface area contributed by atoms with Gasteiger partial charge in [-0.15, -0.1) is 0 Å². The molecule has 0 aliphatic heterocycles. The molecule has 0 atom stereocenters. The summed E-state index contributed by atoms with van der Waals surface area (Å²) in [7, 11) is 0. The summed E-state index contributed by atoms with van der Waals surface area (Å²) in [5.74, 6) is 0.266. The van der Waals surface area contributed by atoms with E-state index in [-0.39, 0.29) is 5.78 Å². The summed E-state index contributed by atoms with van der Waals surface area (Å²) in [5, 5.41) is 0. The number of unbranched alkanes of at least 4 members (excludes halogenated alkanes) is 2. The van der Waals surface area contributed by atoms with Crippen molar-refractivity contribution in [1.29, 1.82) is 0 Å². The Morgan fingerprint density at radius 1 is 1.19 bits per heavy atom. The van der Waals surface area contributed by atoms with E-state index in [9.17, 15) is 4.79 Å². The molecule has 1 aromatic carbocycles. The summed E-state index contributed by atoms with van der Waals surface area (Å²) in [6.45, 7) is 2.14. The molecule has 0 heterocycles. The third-order valence-electron chi connectivity index (χ3n) is 2.51. The first-order valence-corrected chi connectivity index (χ1v) is 6.24. The van der Waals surface area contributed by atoms with Crippen molar-refractivity contribution in [3.8, 4) is 0 Å². The molecule has 0 radical (unpaired) electrons. The summed E-state index contributed by atoms with van der Waals surface area (Å²) in [6, 6.07) is 9.77. The average Bonchev–Trinajstić information content (AvgIpc) is 2.30. The highest BCUT2D eigenvalue weighted by atomic mass is 32.1. The molecule has 0 N–H and O–H groups in total. The summed E-state index contributed by atoms with van der Waals surface area (Å²) >= 11 is 5.25. The van der Waals surface area contributed by atoms with Crippen LogP contribution >= 0.6 is 12.2 Å². The van der Waals surface area contributed by atoms with Crippen LogP contribution in [-0.2, 0) is 4.79 Å². The molecule has 2 heteroatoms. The van der Waals surface area contributed by atoms with Crippen LogP contribution in [0.15, 0.2) is 30.3 Å². The van der Waals surface area contributed by atoms with Crippen molar-refractivity contribution in [2.75, 3.05) is 0 Å². The van der Waals surface area contributed by atoms with Gasteiger partial charge in [-0.05, 0) is 12.0 Å². The number of carbonyl (C=O) groups excluding carboxylic acids is 1. The Hall–Kier alpha value is -1.02. The van der Waals surface area contributed by atoms with E-state index in [2.05, 4.69) is 6.92 Å². The Kier molecular flexibility index (Phi) is 5.94. The third kappa shape index (κ3) is 4.67. The van der Waals surface area contributed by atoms with Crippen LogP contribution in [0.5, 0.6) is 0 Å². The van der Waals surface area contributed by atoms with E-state index < -0.39 is 0 Å². The van der Waals surface area contributed by atoms with Gasteiger partial charge in [0.15, 0.2) is 0 Å². The van der Waals surface area contributed by atoms with Gasteiger partial charge in [0.1, 0.15) is 5.78 Å². The number of benzene rings is 1. The Morgan fingerprint density at radius 3 is 2.50 bits per heavy atom. The second-order valence-corrected chi connectivity index (χ2v) is 4.45. The first-order chi connectivity index (χ1) is 7.74. The molecule has 0 fully saturated rings. The van der Waals surface area contributed by atoms with Crippen LogP contribution in [0.2, 0.25) is 0 Å². The molecular weight excluding hydrogens is 216 g/mol. The van der Waals surface area contributed by atoms with Crippen molar-refractivity contribution in [1.82, 2.24) is 0 Å². The molecule has 86 valence electrons. The highest BCUT2D eigenvalue weighted by Crippen LogP contribution is 2.08. The zero-order chi connectivity index (χ0) is 11.8. The number of hydrogen-bond acceptors (Lipinski definition) is 2. The zero-order valence-electron chi connectivity index (χ0n) is 9.74. The lowest BCUT2D eigenvalue weighted by Crippen LogP contribution is -2.06. The quantitative estimate of drug-likeness (QED) is 0.404. The van der Waals surface area contributed by atoms with E-state index in [4.69, 9.17) is 12.2 Å². The minimum absolute atomic E-state index is 0.266. The van der Waals surface area contributed by atoms with Gasteiger partial charge in [0.05, 0.1) is 0 Å². The predicted molar refractivity (Wildman–Crippen MR) is 71.9 cm³/mol. The third-order valence-corrected chi connectivity index (χ3v) is 2.89. The molecule has 0 aliphatic carbocycles. The second-order valence-electron chi connectivity index (χ2n) is 3.96. The average molecular weight is 234 g/mol. The molecule has 0 aromatic heterocycles. The summed E-state index contributed by atoms with van der Waals surface area (Å²) in [5.41, 5.74) is 1.00. The number of Topliss-reactive ketones (excluding diaryl/α,β-unsaturated/α-hetero) is 1. The molecule has 0 bridgehead atoms. The maximum atomic E-state index is 11.6. The van der Waals surface area contributed by atoms with Crippen molar-refractivity contribution in [3.05, 3.63) is 35.9 Å². The Balaban J connectivity index is 2.37. The first-order valence-electron chi connectivity index (χ1n) is 5.84. The molecule has 1 aromatic rings. The van der Waals surface area contributed by atoms with Crippen molar-refractivity contribution in [3.63, 3.8) is 0 Å². The molecule has 0 amide bonds. The van der Waals surface area contributed by atoms with E-state index >= 15 is 0 Å². The van der Waals surface area contributed by atoms with E-state index in [0.29, 0.717) is 12.8 Å². The fraction of sp³-hybridized carbons (Fsp3) is 0.429. The van der Waals surface area contributed by atoms with Crippen molar-refractivity contribution in [2.45, 2.75) is 39.0 Å². The van der Waals surface area contributed by atoms with Crippen molar-refractivity contribution in [2.24, 2.45) is 0 Å². The van der Waals surface area contributed by atoms with Crippen LogP contribution in [-0.4, -0.2) is 10.6 Å². The molecule has 1 nitrogen and oxygen atoms in total. The lowest BCUT2D eigenvalue weighted by atomic mass is 10.0. The summed E-state index contributed by atoms with van der Waals surface area (Å²) < 4.78 is 0. The van der Waals surface area contributed by atoms with Crippen LogP contribution in [0.25, 0.3) is 0 Å². The summed E-state index contributed by atoms with van der Waals surface area (Å²) in [4.78, 5) is 12.4. The highest BCUT2D eigenvalue weighted by Gasteiger charge is 2.07. The molecule has 0 aliphatic rings. The number of ketones is 1. The van der Waals surface area contributed by atoms with E-state index in [1.807, 2.05) is 30.3 Å². The number of hydrogen-bond donors (Lipinski definition) is 0. The standard InChI is InChI=1S/C14H18OS/c1-2-3-5-10-13(15)11-14(16)12-8-6-4-7-9-12/h4,6-9H,2-3,5,10-11H2,1H3. The Bertz CT molecular complexity index is 343. The molecule has 0 saturated heterocycles. The van der Waals surface area contributed by atoms with Crippen molar-refractivity contribution < 1.29 is 4.79 Å². The van der Waals surface area contributed by atoms with E-state index in [1.165, 1.54) is 0 Å². The SMILES string of the molecule is CCCCCC(=O)CC(=S)c1ccccc1. The van der Waals surface area contributed by atoms with Gasteiger partial charge in [0.2, 0.25) is 0 Å².